The van der Waals surface area contributed by atoms with E-state index in [9.17, 15) is 17.6 Å². The topological polar surface area (TPSA) is 66.5 Å². The Labute approximate surface area is 162 Å². The predicted molar refractivity (Wildman–Crippen MR) is 104 cm³/mol. The number of halogens is 2. The van der Waals surface area contributed by atoms with Crippen LogP contribution in [0.3, 0.4) is 0 Å². The molecule has 2 aromatic rings. The fraction of sp³-hybridized carbons (Fsp3) is 0.211. The summed E-state index contributed by atoms with van der Waals surface area (Å²) in [5.41, 5.74) is 0.852. The van der Waals surface area contributed by atoms with E-state index in [4.69, 9.17) is 11.6 Å². The summed E-state index contributed by atoms with van der Waals surface area (Å²) >= 11 is 6.08. The maximum absolute atomic E-state index is 13.2. The third-order valence-electron chi connectivity index (χ3n) is 4.16. The molecule has 3 rings (SSSR count). The van der Waals surface area contributed by atoms with Crippen LogP contribution < -0.4 is 5.32 Å². The van der Waals surface area contributed by atoms with E-state index in [-0.39, 0.29) is 9.92 Å². The molecule has 0 aliphatic carbocycles. The van der Waals surface area contributed by atoms with Crippen molar-refractivity contribution in [2.24, 2.45) is 0 Å². The molecule has 0 spiro atoms. The highest BCUT2D eigenvalue weighted by Crippen LogP contribution is 2.29. The van der Waals surface area contributed by atoms with Crippen LogP contribution in [-0.4, -0.2) is 31.7 Å². The number of sulfonamides is 1. The Morgan fingerprint density at radius 2 is 1.89 bits per heavy atom. The molecule has 8 heteroatoms. The summed E-state index contributed by atoms with van der Waals surface area (Å²) in [6.45, 7) is 0.928. The Hall–Kier alpha value is -2.22. The van der Waals surface area contributed by atoms with E-state index in [1.165, 1.54) is 46.8 Å². The molecule has 2 aromatic carbocycles. The van der Waals surface area contributed by atoms with Gasteiger partial charge in [0.05, 0.1) is 5.02 Å². The van der Waals surface area contributed by atoms with Gasteiger partial charge in [0.1, 0.15) is 10.7 Å². The average Bonchev–Trinajstić information content (AvgIpc) is 3.17. The molecule has 0 atom stereocenters. The van der Waals surface area contributed by atoms with Crippen molar-refractivity contribution in [3.05, 3.63) is 64.9 Å². The highest BCUT2D eigenvalue weighted by atomic mass is 35.5. The van der Waals surface area contributed by atoms with E-state index in [1.54, 1.807) is 12.1 Å². The van der Waals surface area contributed by atoms with E-state index < -0.39 is 21.7 Å². The van der Waals surface area contributed by atoms with Gasteiger partial charge in [-0.05, 0) is 54.8 Å². The number of hydrogen-bond donors (Lipinski definition) is 1. The van der Waals surface area contributed by atoms with E-state index in [0.29, 0.717) is 24.3 Å². The zero-order valence-corrected chi connectivity index (χ0v) is 15.9. The zero-order chi connectivity index (χ0) is 19.4. The van der Waals surface area contributed by atoms with E-state index >= 15 is 0 Å². The third kappa shape index (κ3) is 4.74. The van der Waals surface area contributed by atoms with Crippen LogP contribution in [0.5, 0.6) is 0 Å². The van der Waals surface area contributed by atoms with Crippen LogP contribution in [0.2, 0.25) is 5.02 Å². The lowest BCUT2D eigenvalue weighted by Gasteiger charge is -2.17. The SMILES string of the molecule is O=C(/C=C/c1cccc(F)c1)Nc1ccc(Cl)c(S(=O)(=O)N2CCCC2)c1. The average molecular weight is 409 g/mol. The maximum Gasteiger partial charge on any atom is 0.248 e. The number of benzene rings is 2. The quantitative estimate of drug-likeness (QED) is 0.762. The Balaban J connectivity index is 1.77. The Kier molecular flexibility index (Phi) is 5.94. The highest BCUT2D eigenvalue weighted by molar-refractivity contribution is 7.89. The van der Waals surface area contributed by atoms with Crippen molar-refractivity contribution < 1.29 is 17.6 Å². The first-order valence-electron chi connectivity index (χ1n) is 8.40. The van der Waals surface area contributed by atoms with Crippen LogP contribution in [0.15, 0.2) is 53.4 Å². The van der Waals surface area contributed by atoms with Crippen LogP contribution in [0.1, 0.15) is 18.4 Å². The third-order valence-corrected chi connectivity index (χ3v) is 6.54. The van der Waals surface area contributed by atoms with Crippen molar-refractivity contribution in [3.63, 3.8) is 0 Å². The normalized spacial score (nSPS) is 15.3. The number of rotatable bonds is 5. The van der Waals surface area contributed by atoms with Crippen molar-refractivity contribution in [2.45, 2.75) is 17.7 Å². The molecule has 0 unspecified atom stereocenters. The molecule has 1 aliphatic rings. The van der Waals surface area contributed by atoms with E-state index in [0.717, 1.165) is 12.8 Å². The number of carbonyl (C=O) groups is 1. The molecule has 0 aromatic heterocycles. The molecule has 1 saturated heterocycles. The number of carbonyl (C=O) groups excluding carboxylic acids is 1. The maximum atomic E-state index is 13.2. The van der Waals surface area contributed by atoms with Crippen molar-refractivity contribution >= 4 is 39.3 Å². The number of anilines is 1. The second-order valence-corrected chi connectivity index (χ2v) is 8.45. The summed E-state index contributed by atoms with van der Waals surface area (Å²) in [6.07, 6.45) is 4.35. The van der Waals surface area contributed by atoms with Crippen LogP contribution in [0, 0.1) is 5.82 Å². The standard InChI is InChI=1S/C19H18ClFN2O3S/c20-17-8-7-16(13-18(17)27(25,26)23-10-1-2-11-23)22-19(24)9-6-14-4-3-5-15(21)12-14/h3-9,12-13H,1-2,10-11H2,(H,22,24)/b9-6+. The molecule has 1 N–H and O–H groups in total. The fourth-order valence-corrected chi connectivity index (χ4v) is 4.83. The number of nitrogens with zero attached hydrogens (tertiary/aromatic N) is 1. The minimum Gasteiger partial charge on any atom is -0.322 e. The van der Waals surface area contributed by atoms with Gasteiger partial charge in [0, 0.05) is 24.9 Å². The number of nitrogens with one attached hydrogen (secondary N) is 1. The summed E-state index contributed by atoms with van der Waals surface area (Å²) in [5, 5.41) is 2.70. The van der Waals surface area contributed by atoms with Gasteiger partial charge < -0.3 is 5.32 Å². The summed E-state index contributed by atoms with van der Waals surface area (Å²) in [4.78, 5) is 12.1. The fourth-order valence-electron chi connectivity index (χ4n) is 2.81. The first kappa shape index (κ1) is 19.5. The van der Waals surface area contributed by atoms with Crippen molar-refractivity contribution in [3.8, 4) is 0 Å². The zero-order valence-electron chi connectivity index (χ0n) is 14.4. The van der Waals surface area contributed by atoms with Gasteiger partial charge in [-0.1, -0.05) is 23.7 Å². The summed E-state index contributed by atoms with van der Waals surface area (Å²) < 4.78 is 40.0. The van der Waals surface area contributed by atoms with Crippen LogP contribution in [0.25, 0.3) is 6.08 Å². The molecule has 27 heavy (non-hydrogen) atoms. The molecular weight excluding hydrogens is 391 g/mol. The van der Waals surface area contributed by atoms with Crippen LogP contribution in [0.4, 0.5) is 10.1 Å². The van der Waals surface area contributed by atoms with Crippen LogP contribution >= 0.6 is 11.6 Å². The number of amides is 1. The van der Waals surface area contributed by atoms with Crippen molar-refractivity contribution in [1.29, 1.82) is 0 Å². The molecule has 1 heterocycles. The monoisotopic (exact) mass is 408 g/mol. The first-order chi connectivity index (χ1) is 12.9. The van der Waals surface area contributed by atoms with Gasteiger partial charge >= 0.3 is 0 Å². The van der Waals surface area contributed by atoms with E-state index in [2.05, 4.69) is 5.32 Å². The summed E-state index contributed by atoms with van der Waals surface area (Å²) in [7, 11) is -3.70. The molecule has 142 valence electrons. The van der Waals surface area contributed by atoms with Gasteiger partial charge in [-0.15, -0.1) is 0 Å². The number of hydrogen-bond acceptors (Lipinski definition) is 3. The smallest absolute Gasteiger partial charge is 0.248 e. The molecule has 5 nitrogen and oxygen atoms in total. The first-order valence-corrected chi connectivity index (χ1v) is 10.2. The summed E-state index contributed by atoms with van der Waals surface area (Å²) in [5.74, 6) is -0.863. The molecular formula is C19H18ClFN2O3S. The van der Waals surface area contributed by atoms with Crippen LogP contribution in [-0.2, 0) is 14.8 Å². The van der Waals surface area contributed by atoms with Gasteiger partial charge in [0.25, 0.3) is 0 Å². The lowest BCUT2D eigenvalue weighted by atomic mass is 10.2. The minimum absolute atomic E-state index is 0.0297. The largest absolute Gasteiger partial charge is 0.322 e. The highest BCUT2D eigenvalue weighted by Gasteiger charge is 2.29. The minimum atomic E-state index is -3.70. The molecule has 1 aliphatic heterocycles. The Bertz CT molecular complexity index is 986. The second-order valence-electron chi connectivity index (χ2n) is 6.13. The lowest BCUT2D eigenvalue weighted by Crippen LogP contribution is -2.28. The summed E-state index contributed by atoms with van der Waals surface area (Å²) in [6, 6.07) is 10.1. The van der Waals surface area contributed by atoms with Gasteiger partial charge in [-0.25, -0.2) is 12.8 Å². The predicted octanol–water partition coefficient (Wildman–Crippen LogP) is 3.92. The lowest BCUT2D eigenvalue weighted by molar-refractivity contribution is -0.111. The van der Waals surface area contributed by atoms with Crippen molar-refractivity contribution in [1.82, 2.24) is 4.31 Å². The second kappa shape index (κ2) is 8.21. The Morgan fingerprint density at radius 3 is 2.59 bits per heavy atom. The van der Waals surface area contributed by atoms with Crippen molar-refractivity contribution in [2.75, 3.05) is 18.4 Å². The van der Waals surface area contributed by atoms with Gasteiger partial charge in [-0.3, -0.25) is 4.79 Å². The molecule has 0 radical (unpaired) electrons. The van der Waals surface area contributed by atoms with Gasteiger partial charge in [-0.2, -0.15) is 4.31 Å². The molecule has 0 saturated carbocycles. The Morgan fingerprint density at radius 1 is 1.15 bits per heavy atom. The molecule has 1 fully saturated rings. The molecule has 1 amide bonds. The molecule has 0 bridgehead atoms. The van der Waals surface area contributed by atoms with E-state index in [1.807, 2.05) is 0 Å². The van der Waals surface area contributed by atoms with Gasteiger partial charge in [0.15, 0.2) is 0 Å². The van der Waals surface area contributed by atoms with Gasteiger partial charge in [0.2, 0.25) is 15.9 Å².